The maximum Gasteiger partial charge on any atom is 0.341 e. The molecule has 1 aromatic carbocycles. The minimum Gasteiger partial charge on any atom is -0.477 e. The number of hydrogen-bond donors (Lipinski definition) is 1. The third-order valence-electron chi connectivity index (χ3n) is 2.38. The summed E-state index contributed by atoms with van der Waals surface area (Å²) in [7, 11) is 0. The number of aromatic nitrogens is 1. The molecule has 0 spiro atoms. The van der Waals surface area contributed by atoms with Crippen molar-refractivity contribution in [3.63, 3.8) is 0 Å². The van der Waals surface area contributed by atoms with Crippen LogP contribution < -0.4 is 4.74 Å². The minimum atomic E-state index is -1.46. The van der Waals surface area contributed by atoms with Crippen LogP contribution in [0.2, 0.25) is 5.02 Å². The van der Waals surface area contributed by atoms with Crippen molar-refractivity contribution in [2.24, 2.45) is 0 Å². The molecular formula is C12H6ClFN2O5. The standard InChI is InChI=1S/C12H6ClFN2O5/c13-9-2-1-7(16(19)20)4-10(9)21-11-8(12(17)18)3-6(14)5-15-11/h1-5H,(H,17,18). The number of nitro benzene ring substituents is 1. The summed E-state index contributed by atoms with van der Waals surface area (Å²) in [5.41, 5.74) is -0.828. The van der Waals surface area contributed by atoms with Crippen LogP contribution in [0.3, 0.4) is 0 Å². The number of carboxylic acids is 1. The van der Waals surface area contributed by atoms with E-state index in [1.54, 1.807) is 0 Å². The molecule has 7 nitrogen and oxygen atoms in total. The van der Waals surface area contributed by atoms with Gasteiger partial charge in [0.25, 0.3) is 5.69 Å². The van der Waals surface area contributed by atoms with Crippen LogP contribution in [-0.2, 0) is 0 Å². The Hall–Kier alpha value is -2.74. The summed E-state index contributed by atoms with van der Waals surface area (Å²) in [4.78, 5) is 24.5. The molecule has 0 radical (unpaired) electrons. The Labute approximate surface area is 121 Å². The number of rotatable bonds is 4. The lowest BCUT2D eigenvalue weighted by Gasteiger charge is -2.08. The molecule has 0 unspecified atom stereocenters. The topological polar surface area (TPSA) is 103 Å². The molecule has 1 aromatic heterocycles. The average molecular weight is 313 g/mol. The van der Waals surface area contributed by atoms with Crippen LogP contribution in [0.15, 0.2) is 30.5 Å². The maximum atomic E-state index is 13.0. The number of halogens is 2. The van der Waals surface area contributed by atoms with Crippen molar-refractivity contribution in [3.8, 4) is 11.6 Å². The predicted molar refractivity (Wildman–Crippen MR) is 69.3 cm³/mol. The van der Waals surface area contributed by atoms with Gasteiger partial charge in [-0.05, 0) is 12.1 Å². The second kappa shape index (κ2) is 5.71. The summed E-state index contributed by atoms with van der Waals surface area (Å²) in [5.74, 6) is -2.90. The Balaban J connectivity index is 2.45. The van der Waals surface area contributed by atoms with Crippen LogP contribution in [0.25, 0.3) is 0 Å². The number of aromatic carboxylic acids is 1. The zero-order valence-corrected chi connectivity index (χ0v) is 10.9. The monoisotopic (exact) mass is 312 g/mol. The molecule has 0 saturated carbocycles. The van der Waals surface area contributed by atoms with Crippen molar-refractivity contribution in [3.05, 3.63) is 57.0 Å². The SMILES string of the molecule is O=C(O)c1cc(F)cnc1Oc1cc([N+](=O)[O-])ccc1Cl. The molecule has 2 aromatic rings. The summed E-state index contributed by atoms with van der Waals surface area (Å²) in [6, 6.07) is 4.11. The second-order valence-corrected chi connectivity index (χ2v) is 4.19. The number of benzene rings is 1. The summed E-state index contributed by atoms with van der Waals surface area (Å²) in [5, 5.41) is 19.7. The van der Waals surface area contributed by atoms with E-state index < -0.39 is 28.2 Å². The van der Waals surface area contributed by atoms with Gasteiger partial charge in [-0.3, -0.25) is 10.1 Å². The molecule has 0 aliphatic carbocycles. The van der Waals surface area contributed by atoms with Crippen LogP contribution >= 0.6 is 11.6 Å². The van der Waals surface area contributed by atoms with Gasteiger partial charge in [-0.1, -0.05) is 11.6 Å². The van der Waals surface area contributed by atoms with Gasteiger partial charge in [-0.25, -0.2) is 14.2 Å². The Morgan fingerprint density at radius 3 is 2.76 bits per heavy atom. The normalized spacial score (nSPS) is 10.2. The molecule has 0 aliphatic heterocycles. The van der Waals surface area contributed by atoms with Crippen molar-refractivity contribution in [1.82, 2.24) is 4.98 Å². The molecule has 1 heterocycles. The molecule has 21 heavy (non-hydrogen) atoms. The second-order valence-electron chi connectivity index (χ2n) is 3.79. The van der Waals surface area contributed by atoms with Gasteiger partial charge >= 0.3 is 5.97 Å². The maximum absolute atomic E-state index is 13.0. The van der Waals surface area contributed by atoms with E-state index in [4.69, 9.17) is 21.4 Å². The first kappa shape index (κ1) is 14.7. The Kier molecular flexibility index (Phi) is 3.99. The molecular weight excluding hydrogens is 307 g/mol. The van der Waals surface area contributed by atoms with E-state index in [1.807, 2.05) is 0 Å². The van der Waals surface area contributed by atoms with Crippen molar-refractivity contribution in [1.29, 1.82) is 0 Å². The number of carboxylic acid groups (broad SMARTS) is 1. The van der Waals surface area contributed by atoms with Gasteiger partial charge < -0.3 is 9.84 Å². The molecule has 9 heteroatoms. The van der Waals surface area contributed by atoms with E-state index in [9.17, 15) is 19.3 Å². The molecule has 108 valence electrons. The number of hydrogen-bond acceptors (Lipinski definition) is 5. The number of nitrogens with zero attached hydrogens (tertiary/aromatic N) is 2. The lowest BCUT2D eigenvalue weighted by Crippen LogP contribution is -2.03. The van der Waals surface area contributed by atoms with E-state index in [2.05, 4.69) is 4.98 Å². The van der Waals surface area contributed by atoms with Crippen molar-refractivity contribution >= 4 is 23.3 Å². The number of ether oxygens (including phenoxy) is 1. The third-order valence-corrected chi connectivity index (χ3v) is 2.69. The largest absolute Gasteiger partial charge is 0.477 e. The molecule has 1 N–H and O–H groups in total. The highest BCUT2D eigenvalue weighted by molar-refractivity contribution is 6.32. The molecule has 0 atom stereocenters. The summed E-state index contributed by atoms with van der Waals surface area (Å²) in [6.45, 7) is 0. The lowest BCUT2D eigenvalue weighted by molar-refractivity contribution is -0.384. The Morgan fingerprint density at radius 1 is 1.43 bits per heavy atom. The number of pyridine rings is 1. The number of non-ortho nitro benzene ring substituents is 1. The fourth-order valence-corrected chi connectivity index (χ4v) is 1.61. The summed E-state index contributed by atoms with van der Waals surface area (Å²) in [6.07, 6.45) is 0.757. The molecule has 2 rings (SSSR count). The van der Waals surface area contributed by atoms with Gasteiger partial charge in [0.2, 0.25) is 5.88 Å². The van der Waals surface area contributed by atoms with E-state index >= 15 is 0 Å². The van der Waals surface area contributed by atoms with Gasteiger partial charge in [-0.15, -0.1) is 0 Å². The van der Waals surface area contributed by atoms with Crippen LogP contribution in [-0.4, -0.2) is 21.0 Å². The highest BCUT2D eigenvalue weighted by Crippen LogP contribution is 2.33. The highest BCUT2D eigenvalue weighted by Gasteiger charge is 2.18. The van der Waals surface area contributed by atoms with Gasteiger partial charge in [0, 0.05) is 6.07 Å². The third kappa shape index (κ3) is 3.23. The fourth-order valence-electron chi connectivity index (χ4n) is 1.45. The van der Waals surface area contributed by atoms with Crippen molar-refractivity contribution in [2.45, 2.75) is 0 Å². The quantitative estimate of drug-likeness (QED) is 0.686. The van der Waals surface area contributed by atoms with E-state index in [1.165, 1.54) is 6.07 Å². The average Bonchev–Trinajstić information content (AvgIpc) is 2.42. The first-order valence-corrected chi connectivity index (χ1v) is 5.77. The smallest absolute Gasteiger partial charge is 0.341 e. The van der Waals surface area contributed by atoms with Crippen LogP contribution in [0.5, 0.6) is 11.6 Å². The molecule has 0 saturated heterocycles. The zero-order chi connectivity index (χ0) is 15.6. The van der Waals surface area contributed by atoms with Crippen molar-refractivity contribution < 1.29 is 24.0 Å². The number of carbonyl (C=O) groups is 1. The summed E-state index contributed by atoms with van der Waals surface area (Å²) >= 11 is 5.82. The Morgan fingerprint density at radius 2 is 2.14 bits per heavy atom. The molecule has 0 bridgehead atoms. The van der Waals surface area contributed by atoms with Gasteiger partial charge in [0.1, 0.15) is 11.4 Å². The predicted octanol–water partition coefficient (Wildman–Crippen LogP) is 3.27. The number of nitro groups is 1. The van der Waals surface area contributed by atoms with Crippen molar-refractivity contribution in [2.75, 3.05) is 0 Å². The van der Waals surface area contributed by atoms with E-state index in [0.717, 1.165) is 24.4 Å². The Bertz CT molecular complexity index is 738. The fraction of sp³-hybridized carbons (Fsp3) is 0. The lowest BCUT2D eigenvalue weighted by atomic mass is 10.2. The van der Waals surface area contributed by atoms with Gasteiger partial charge in [0.05, 0.1) is 22.2 Å². The van der Waals surface area contributed by atoms with Gasteiger partial charge in [-0.2, -0.15) is 0 Å². The zero-order valence-electron chi connectivity index (χ0n) is 10.1. The van der Waals surface area contributed by atoms with Crippen LogP contribution in [0, 0.1) is 15.9 Å². The first-order chi connectivity index (χ1) is 9.88. The van der Waals surface area contributed by atoms with Crippen LogP contribution in [0.4, 0.5) is 10.1 Å². The first-order valence-electron chi connectivity index (χ1n) is 5.39. The molecule has 0 fully saturated rings. The molecule has 0 aliphatic rings. The van der Waals surface area contributed by atoms with E-state index in [0.29, 0.717) is 0 Å². The minimum absolute atomic E-state index is 0.0167. The summed E-state index contributed by atoms with van der Waals surface area (Å²) < 4.78 is 18.2. The highest BCUT2D eigenvalue weighted by atomic mass is 35.5. The van der Waals surface area contributed by atoms with Gasteiger partial charge in [0.15, 0.2) is 5.75 Å². The molecule has 0 amide bonds. The van der Waals surface area contributed by atoms with Crippen LogP contribution in [0.1, 0.15) is 10.4 Å². The van der Waals surface area contributed by atoms with E-state index in [-0.39, 0.29) is 16.5 Å².